The van der Waals surface area contributed by atoms with E-state index in [9.17, 15) is 15.0 Å². The molecule has 0 bridgehead atoms. The van der Waals surface area contributed by atoms with Gasteiger partial charge >= 0.3 is 0 Å². The van der Waals surface area contributed by atoms with Crippen molar-refractivity contribution >= 4 is 11.6 Å². The molecule has 1 fully saturated rings. The summed E-state index contributed by atoms with van der Waals surface area (Å²) in [5.41, 5.74) is 1.67. The normalized spacial score (nSPS) is 20.4. The van der Waals surface area contributed by atoms with Crippen LogP contribution < -0.4 is 5.32 Å². The Kier molecular flexibility index (Phi) is 3.06. The number of benzene rings is 2. The number of aromatic hydroxyl groups is 2. The van der Waals surface area contributed by atoms with Crippen LogP contribution in [0, 0.1) is 5.92 Å². The van der Waals surface area contributed by atoms with Crippen LogP contribution in [0.25, 0.3) is 0 Å². The van der Waals surface area contributed by atoms with Gasteiger partial charge in [0.05, 0.1) is 0 Å². The van der Waals surface area contributed by atoms with Crippen LogP contribution in [0.4, 0.5) is 5.69 Å². The molecule has 2 unspecified atom stereocenters. The molecule has 102 valence electrons. The van der Waals surface area contributed by atoms with Crippen molar-refractivity contribution in [2.75, 3.05) is 5.32 Å². The molecule has 0 saturated heterocycles. The number of carbonyl (C=O) groups excluding carboxylic acids is 1. The van der Waals surface area contributed by atoms with Crippen molar-refractivity contribution in [2.45, 2.75) is 12.3 Å². The summed E-state index contributed by atoms with van der Waals surface area (Å²) in [6.07, 6.45) is 0.767. The minimum Gasteiger partial charge on any atom is -0.504 e. The maximum Gasteiger partial charge on any atom is 0.228 e. The molecule has 3 N–H and O–H groups in total. The van der Waals surface area contributed by atoms with Gasteiger partial charge in [-0.05, 0) is 42.2 Å². The van der Waals surface area contributed by atoms with E-state index in [1.807, 2.05) is 30.3 Å². The molecule has 3 rings (SSSR count). The molecule has 0 aliphatic heterocycles. The van der Waals surface area contributed by atoms with Crippen LogP contribution in [0.2, 0.25) is 0 Å². The summed E-state index contributed by atoms with van der Waals surface area (Å²) < 4.78 is 0. The first kappa shape index (κ1) is 12.5. The number of hydrogen-bond donors (Lipinski definition) is 3. The molecule has 1 amide bonds. The van der Waals surface area contributed by atoms with Gasteiger partial charge in [-0.15, -0.1) is 0 Å². The second-order valence-corrected chi connectivity index (χ2v) is 5.05. The Morgan fingerprint density at radius 2 is 1.80 bits per heavy atom. The van der Waals surface area contributed by atoms with E-state index >= 15 is 0 Å². The monoisotopic (exact) mass is 269 g/mol. The molecular formula is C16H15NO3. The van der Waals surface area contributed by atoms with Crippen LogP contribution in [0.1, 0.15) is 17.9 Å². The number of phenols is 2. The minimum absolute atomic E-state index is 0.00577. The molecule has 0 heterocycles. The second kappa shape index (κ2) is 4.89. The van der Waals surface area contributed by atoms with Crippen molar-refractivity contribution in [3.8, 4) is 11.5 Å². The highest BCUT2D eigenvalue weighted by atomic mass is 16.3. The topological polar surface area (TPSA) is 69.6 Å². The van der Waals surface area contributed by atoms with Crippen molar-refractivity contribution in [1.29, 1.82) is 0 Å². The highest BCUT2D eigenvalue weighted by Gasteiger charge is 2.44. The Labute approximate surface area is 116 Å². The smallest absolute Gasteiger partial charge is 0.228 e. The second-order valence-electron chi connectivity index (χ2n) is 5.05. The molecule has 1 saturated carbocycles. The molecule has 0 spiro atoms. The Bertz CT molecular complexity index is 639. The highest BCUT2D eigenvalue weighted by molar-refractivity contribution is 5.95. The van der Waals surface area contributed by atoms with E-state index in [1.54, 1.807) is 6.07 Å². The molecule has 4 nitrogen and oxygen atoms in total. The summed E-state index contributed by atoms with van der Waals surface area (Å²) in [6, 6.07) is 14.1. The molecule has 2 aromatic carbocycles. The third-order valence-corrected chi connectivity index (χ3v) is 3.60. The number of amides is 1. The predicted octanol–water partition coefficient (Wildman–Crippen LogP) is 2.84. The van der Waals surface area contributed by atoms with Gasteiger partial charge < -0.3 is 15.5 Å². The van der Waals surface area contributed by atoms with Gasteiger partial charge in [0, 0.05) is 11.6 Å². The lowest BCUT2D eigenvalue weighted by Crippen LogP contribution is -2.14. The van der Waals surface area contributed by atoms with Crippen LogP contribution in [-0.4, -0.2) is 16.1 Å². The third-order valence-electron chi connectivity index (χ3n) is 3.60. The van der Waals surface area contributed by atoms with Crippen LogP contribution in [0.5, 0.6) is 11.5 Å². The van der Waals surface area contributed by atoms with E-state index < -0.39 is 0 Å². The van der Waals surface area contributed by atoms with Crippen molar-refractivity contribution < 1.29 is 15.0 Å². The molecule has 2 aromatic rings. The Morgan fingerprint density at radius 1 is 1.05 bits per heavy atom. The predicted molar refractivity (Wildman–Crippen MR) is 75.7 cm³/mol. The molecule has 2 atom stereocenters. The summed E-state index contributed by atoms with van der Waals surface area (Å²) in [5, 5.41) is 21.7. The molecule has 4 heteroatoms. The van der Waals surface area contributed by atoms with Gasteiger partial charge in [-0.1, -0.05) is 24.3 Å². The molecule has 0 aromatic heterocycles. The van der Waals surface area contributed by atoms with Crippen LogP contribution in [-0.2, 0) is 4.79 Å². The molecular weight excluding hydrogens is 254 g/mol. The standard InChI is InChI=1S/C16H15NO3/c18-14-7-6-10(8-15(14)19)12-9-13(12)16(20)17-11-4-2-1-3-5-11/h1-8,12-13,18-19H,9H2,(H,17,20). The maximum atomic E-state index is 12.1. The quantitative estimate of drug-likeness (QED) is 0.750. The van der Waals surface area contributed by atoms with E-state index in [4.69, 9.17) is 0 Å². The molecule has 20 heavy (non-hydrogen) atoms. The Balaban J connectivity index is 1.66. The number of anilines is 1. The van der Waals surface area contributed by atoms with Gasteiger partial charge in [0.15, 0.2) is 11.5 Å². The lowest BCUT2D eigenvalue weighted by atomic mass is 10.1. The largest absolute Gasteiger partial charge is 0.504 e. The van der Waals surface area contributed by atoms with E-state index in [0.717, 1.165) is 17.7 Å². The lowest BCUT2D eigenvalue weighted by Gasteiger charge is -2.05. The SMILES string of the molecule is O=C(Nc1ccccc1)C1CC1c1ccc(O)c(O)c1. The minimum atomic E-state index is -0.142. The Hall–Kier alpha value is -2.49. The third kappa shape index (κ3) is 2.45. The first-order valence-corrected chi connectivity index (χ1v) is 6.53. The number of carbonyl (C=O) groups is 1. The van der Waals surface area contributed by atoms with E-state index in [2.05, 4.69) is 5.32 Å². The average molecular weight is 269 g/mol. The molecule has 1 aliphatic rings. The number of phenolic OH excluding ortho intramolecular Hbond substituents is 2. The van der Waals surface area contributed by atoms with Crippen LogP contribution >= 0.6 is 0 Å². The zero-order valence-electron chi connectivity index (χ0n) is 10.8. The van der Waals surface area contributed by atoms with Crippen molar-refractivity contribution in [2.24, 2.45) is 5.92 Å². The van der Waals surface area contributed by atoms with E-state index in [1.165, 1.54) is 12.1 Å². The summed E-state index contributed by atoms with van der Waals surface area (Å²) in [6.45, 7) is 0. The maximum absolute atomic E-state index is 12.1. The summed E-state index contributed by atoms with van der Waals surface area (Å²) >= 11 is 0. The van der Waals surface area contributed by atoms with Gasteiger partial charge in [-0.25, -0.2) is 0 Å². The molecule has 0 radical (unpaired) electrons. The fraction of sp³-hybridized carbons (Fsp3) is 0.188. The summed E-state index contributed by atoms with van der Waals surface area (Å²) in [5.74, 6) is -0.241. The van der Waals surface area contributed by atoms with E-state index in [-0.39, 0.29) is 29.2 Å². The average Bonchev–Trinajstić information content (AvgIpc) is 3.23. The number of rotatable bonds is 3. The van der Waals surface area contributed by atoms with Crippen LogP contribution in [0.15, 0.2) is 48.5 Å². The van der Waals surface area contributed by atoms with Crippen molar-refractivity contribution in [3.63, 3.8) is 0 Å². The van der Waals surface area contributed by atoms with Crippen LogP contribution in [0.3, 0.4) is 0 Å². The Morgan fingerprint density at radius 3 is 2.50 bits per heavy atom. The van der Waals surface area contributed by atoms with Gasteiger partial charge in [0.25, 0.3) is 0 Å². The van der Waals surface area contributed by atoms with Gasteiger partial charge in [-0.2, -0.15) is 0 Å². The van der Waals surface area contributed by atoms with Gasteiger partial charge in [0.2, 0.25) is 5.91 Å². The fourth-order valence-electron chi connectivity index (χ4n) is 2.38. The van der Waals surface area contributed by atoms with Crippen molar-refractivity contribution in [3.05, 3.63) is 54.1 Å². The summed E-state index contributed by atoms with van der Waals surface area (Å²) in [7, 11) is 0. The summed E-state index contributed by atoms with van der Waals surface area (Å²) in [4.78, 5) is 12.1. The number of para-hydroxylation sites is 1. The lowest BCUT2D eigenvalue weighted by molar-refractivity contribution is -0.117. The van der Waals surface area contributed by atoms with Gasteiger partial charge in [-0.3, -0.25) is 4.79 Å². The number of nitrogens with one attached hydrogen (secondary N) is 1. The van der Waals surface area contributed by atoms with E-state index in [0.29, 0.717) is 0 Å². The number of hydrogen-bond acceptors (Lipinski definition) is 3. The highest BCUT2D eigenvalue weighted by Crippen LogP contribution is 2.49. The fourth-order valence-corrected chi connectivity index (χ4v) is 2.38. The van der Waals surface area contributed by atoms with Crippen molar-refractivity contribution in [1.82, 2.24) is 0 Å². The first-order chi connectivity index (χ1) is 9.65. The zero-order chi connectivity index (χ0) is 14.1. The zero-order valence-corrected chi connectivity index (χ0v) is 10.8. The first-order valence-electron chi connectivity index (χ1n) is 6.53. The van der Waals surface area contributed by atoms with Gasteiger partial charge in [0.1, 0.15) is 0 Å². The molecule has 1 aliphatic carbocycles.